The highest BCUT2D eigenvalue weighted by atomic mass is 16.5. The zero-order chi connectivity index (χ0) is 12.3. The Bertz CT molecular complexity index is 204. The summed E-state index contributed by atoms with van der Waals surface area (Å²) < 4.78 is 4.87. The van der Waals surface area contributed by atoms with Gasteiger partial charge in [0, 0.05) is 32.7 Å². The van der Waals surface area contributed by atoms with Crippen molar-refractivity contribution in [2.75, 3.05) is 39.9 Å². The number of amides is 1. The van der Waals surface area contributed by atoms with Crippen LogP contribution in [0.15, 0.2) is 0 Å². The lowest BCUT2D eigenvalue weighted by Gasteiger charge is -2.15. The molecule has 0 bridgehead atoms. The Hall–Kier alpha value is -0.650. The number of ether oxygens (including phenoxy) is 1. The summed E-state index contributed by atoms with van der Waals surface area (Å²) in [5.41, 5.74) is 0. The van der Waals surface area contributed by atoms with Crippen LogP contribution in [0.2, 0.25) is 0 Å². The molecule has 0 aromatic heterocycles. The first-order valence-electron chi connectivity index (χ1n) is 6.52. The second kappa shape index (κ2) is 9.39. The Morgan fingerprint density at radius 1 is 1.35 bits per heavy atom. The normalized spacial score (nSPS) is 20.9. The van der Waals surface area contributed by atoms with E-state index in [0.29, 0.717) is 25.6 Å². The second-order valence-electron chi connectivity index (χ2n) is 4.42. The molecule has 0 saturated carbocycles. The fourth-order valence-corrected chi connectivity index (χ4v) is 1.99. The van der Waals surface area contributed by atoms with Crippen LogP contribution in [0.5, 0.6) is 0 Å². The fourth-order valence-electron chi connectivity index (χ4n) is 1.99. The smallest absolute Gasteiger partial charge is 0.221 e. The maximum Gasteiger partial charge on any atom is 0.221 e. The Kier molecular flexibility index (Phi) is 7.96. The number of carbonyl (C=O) groups excluding carboxylic acids is 1. The summed E-state index contributed by atoms with van der Waals surface area (Å²) in [5.74, 6) is 0.0984. The Balaban J connectivity index is 1.99. The van der Waals surface area contributed by atoms with Gasteiger partial charge in [0.1, 0.15) is 0 Å². The monoisotopic (exact) mass is 243 g/mol. The molecule has 1 atom stereocenters. The predicted molar refractivity (Wildman–Crippen MR) is 68.0 cm³/mol. The molecule has 5 heteroatoms. The van der Waals surface area contributed by atoms with E-state index in [4.69, 9.17) is 4.74 Å². The van der Waals surface area contributed by atoms with Gasteiger partial charge in [-0.2, -0.15) is 0 Å². The number of rotatable bonds is 7. The summed E-state index contributed by atoms with van der Waals surface area (Å²) in [4.78, 5) is 11.4. The minimum absolute atomic E-state index is 0.0984. The first kappa shape index (κ1) is 14.4. The Labute approximate surface area is 104 Å². The van der Waals surface area contributed by atoms with Crippen molar-refractivity contribution >= 4 is 5.91 Å². The highest BCUT2D eigenvalue weighted by Crippen LogP contribution is 2.04. The molecule has 3 N–H and O–H groups in total. The minimum Gasteiger partial charge on any atom is -0.383 e. The third kappa shape index (κ3) is 7.31. The molecule has 0 aliphatic carbocycles. The molecule has 1 heterocycles. The summed E-state index contributed by atoms with van der Waals surface area (Å²) in [5, 5.41) is 9.65. The SMILES string of the molecule is COCCNC(=O)CCNC1CCCNCC1. The van der Waals surface area contributed by atoms with Crippen LogP contribution in [0.4, 0.5) is 0 Å². The van der Waals surface area contributed by atoms with Gasteiger partial charge in [-0.3, -0.25) is 4.79 Å². The van der Waals surface area contributed by atoms with Gasteiger partial charge in [-0.05, 0) is 32.4 Å². The van der Waals surface area contributed by atoms with Crippen LogP contribution in [-0.4, -0.2) is 51.8 Å². The van der Waals surface area contributed by atoms with E-state index in [1.807, 2.05) is 0 Å². The van der Waals surface area contributed by atoms with E-state index in [9.17, 15) is 4.79 Å². The molecule has 1 amide bonds. The largest absolute Gasteiger partial charge is 0.383 e. The molecule has 1 unspecified atom stereocenters. The van der Waals surface area contributed by atoms with Crippen molar-refractivity contribution in [2.24, 2.45) is 0 Å². The van der Waals surface area contributed by atoms with Crippen molar-refractivity contribution in [1.29, 1.82) is 0 Å². The van der Waals surface area contributed by atoms with Crippen molar-refractivity contribution in [1.82, 2.24) is 16.0 Å². The molecule has 5 nitrogen and oxygen atoms in total. The number of hydrogen-bond donors (Lipinski definition) is 3. The van der Waals surface area contributed by atoms with Gasteiger partial charge >= 0.3 is 0 Å². The van der Waals surface area contributed by atoms with Gasteiger partial charge in [0.25, 0.3) is 0 Å². The van der Waals surface area contributed by atoms with Gasteiger partial charge in [0.2, 0.25) is 5.91 Å². The van der Waals surface area contributed by atoms with Crippen LogP contribution in [-0.2, 0) is 9.53 Å². The molecule has 0 radical (unpaired) electrons. The zero-order valence-electron chi connectivity index (χ0n) is 10.8. The molecule has 1 rings (SSSR count). The molecule has 1 fully saturated rings. The molecule has 0 spiro atoms. The maximum atomic E-state index is 11.4. The van der Waals surface area contributed by atoms with E-state index < -0.39 is 0 Å². The lowest BCUT2D eigenvalue weighted by molar-refractivity contribution is -0.121. The molecule has 100 valence electrons. The molecule has 17 heavy (non-hydrogen) atoms. The van der Waals surface area contributed by atoms with Gasteiger partial charge in [-0.25, -0.2) is 0 Å². The van der Waals surface area contributed by atoms with E-state index in [1.54, 1.807) is 7.11 Å². The van der Waals surface area contributed by atoms with E-state index in [2.05, 4.69) is 16.0 Å². The number of carbonyl (C=O) groups is 1. The quantitative estimate of drug-likeness (QED) is 0.545. The van der Waals surface area contributed by atoms with Crippen molar-refractivity contribution in [3.63, 3.8) is 0 Å². The predicted octanol–water partition coefficient (Wildman–Crippen LogP) is -0.129. The van der Waals surface area contributed by atoms with Gasteiger partial charge < -0.3 is 20.7 Å². The molecule has 1 aliphatic heterocycles. The number of hydrogen-bond acceptors (Lipinski definition) is 4. The van der Waals surface area contributed by atoms with Crippen LogP contribution < -0.4 is 16.0 Å². The van der Waals surface area contributed by atoms with E-state index in [0.717, 1.165) is 26.1 Å². The number of nitrogens with one attached hydrogen (secondary N) is 3. The highest BCUT2D eigenvalue weighted by Gasteiger charge is 2.11. The van der Waals surface area contributed by atoms with Gasteiger partial charge in [0.15, 0.2) is 0 Å². The summed E-state index contributed by atoms with van der Waals surface area (Å²) in [6, 6.07) is 0.566. The molecule has 0 aromatic carbocycles. The molecule has 1 saturated heterocycles. The van der Waals surface area contributed by atoms with Crippen LogP contribution in [0, 0.1) is 0 Å². The van der Waals surface area contributed by atoms with Gasteiger partial charge in [0.05, 0.1) is 6.61 Å². The fraction of sp³-hybridized carbons (Fsp3) is 0.917. The van der Waals surface area contributed by atoms with Crippen molar-refractivity contribution in [2.45, 2.75) is 31.7 Å². The topological polar surface area (TPSA) is 62.4 Å². The zero-order valence-corrected chi connectivity index (χ0v) is 10.8. The summed E-state index contributed by atoms with van der Waals surface area (Å²) >= 11 is 0. The highest BCUT2D eigenvalue weighted by molar-refractivity contribution is 5.76. The molecule has 1 aliphatic rings. The molecular formula is C12H25N3O2. The van der Waals surface area contributed by atoms with Crippen LogP contribution >= 0.6 is 0 Å². The average Bonchev–Trinajstić information content (AvgIpc) is 2.58. The summed E-state index contributed by atoms with van der Waals surface area (Å²) in [6.07, 6.45) is 4.13. The van der Waals surface area contributed by atoms with Crippen molar-refractivity contribution in [3.8, 4) is 0 Å². The Morgan fingerprint density at radius 2 is 2.24 bits per heavy atom. The van der Waals surface area contributed by atoms with E-state index >= 15 is 0 Å². The molecular weight excluding hydrogens is 218 g/mol. The third-order valence-corrected chi connectivity index (χ3v) is 2.99. The van der Waals surface area contributed by atoms with Crippen molar-refractivity contribution < 1.29 is 9.53 Å². The summed E-state index contributed by atoms with van der Waals surface area (Å²) in [6.45, 7) is 4.15. The standard InChI is InChI=1S/C12H25N3O2/c1-17-10-9-15-12(16)5-8-14-11-3-2-6-13-7-4-11/h11,13-14H,2-10H2,1H3,(H,15,16). The summed E-state index contributed by atoms with van der Waals surface area (Å²) in [7, 11) is 1.63. The lowest BCUT2D eigenvalue weighted by atomic mass is 10.1. The average molecular weight is 243 g/mol. The third-order valence-electron chi connectivity index (χ3n) is 2.99. The maximum absolute atomic E-state index is 11.4. The van der Waals surface area contributed by atoms with Gasteiger partial charge in [-0.1, -0.05) is 0 Å². The van der Waals surface area contributed by atoms with Crippen LogP contribution in [0.25, 0.3) is 0 Å². The first-order chi connectivity index (χ1) is 8.33. The minimum atomic E-state index is 0.0984. The van der Waals surface area contributed by atoms with E-state index in [-0.39, 0.29) is 5.91 Å². The number of methoxy groups -OCH3 is 1. The van der Waals surface area contributed by atoms with Crippen LogP contribution in [0.1, 0.15) is 25.7 Å². The second-order valence-corrected chi connectivity index (χ2v) is 4.42. The van der Waals surface area contributed by atoms with Crippen LogP contribution in [0.3, 0.4) is 0 Å². The first-order valence-corrected chi connectivity index (χ1v) is 6.52. The van der Waals surface area contributed by atoms with E-state index in [1.165, 1.54) is 12.8 Å². The van der Waals surface area contributed by atoms with Gasteiger partial charge in [-0.15, -0.1) is 0 Å². The van der Waals surface area contributed by atoms with Crippen molar-refractivity contribution in [3.05, 3.63) is 0 Å². The Morgan fingerprint density at radius 3 is 3.06 bits per heavy atom. The molecule has 0 aromatic rings. The lowest BCUT2D eigenvalue weighted by Crippen LogP contribution is -2.34.